The number of carbonyl (C=O) groups excluding carboxylic acids is 1. The number of nitrogens with one attached hydrogen (secondary N) is 1. The van der Waals surface area contributed by atoms with Crippen LogP contribution in [0.1, 0.15) is 36.4 Å². The van der Waals surface area contributed by atoms with E-state index in [1.165, 1.54) is 23.9 Å². The van der Waals surface area contributed by atoms with Crippen LogP contribution in [0, 0.1) is 5.82 Å². The first-order valence-corrected chi connectivity index (χ1v) is 12.2. The number of nitrogens with zero attached hydrogens (tertiary/aromatic N) is 3. The van der Waals surface area contributed by atoms with E-state index in [-0.39, 0.29) is 11.6 Å². The predicted octanol–water partition coefficient (Wildman–Crippen LogP) is 4.76. The lowest BCUT2D eigenvalue weighted by atomic mass is 9.85. The van der Waals surface area contributed by atoms with Crippen LogP contribution in [0.25, 0.3) is 0 Å². The van der Waals surface area contributed by atoms with E-state index in [1.807, 2.05) is 12.1 Å². The van der Waals surface area contributed by atoms with Gasteiger partial charge in [-0.3, -0.25) is 4.79 Å². The van der Waals surface area contributed by atoms with Gasteiger partial charge in [-0.15, -0.1) is 5.10 Å². The Labute approximate surface area is 206 Å². The molecule has 0 fully saturated rings. The van der Waals surface area contributed by atoms with Gasteiger partial charge >= 0.3 is 0 Å². The Hall–Kier alpha value is -3.53. The van der Waals surface area contributed by atoms with Crippen molar-refractivity contribution in [1.29, 1.82) is 0 Å². The number of Topliss-reactive ketones (excluding diaryl/α,β-unsaturated/α-hetero) is 1. The second-order valence-electron chi connectivity index (χ2n) is 8.23. The molecule has 0 saturated carbocycles. The molecule has 8 nitrogen and oxygen atoms in total. The molecule has 0 amide bonds. The number of benzene rings is 2. The molecule has 1 N–H and O–H groups in total. The minimum Gasteiger partial charge on any atom is -0.496 e. The summed E-state index contributed by atoms with van der Waals surface area (Å²) < 4.78 is 32.0. The highest BCUT2D eigenvalue weighted by Gasteiger charge is 2.38. The van der Waals surface area contributed by atoms with E-state index in [2.05, 4.69) is 10.3 Å². The average molecular weight is 497 g/mol. The number of hydrogen-bond acceptors (Lipinski definition) is 8. The van der Waals surface area contributed by atoms with Crippen LogP contribution in [0.4, 0.5) is 10.3 Å². The van der Waals surface area contributed by atoms with Gasteiger partial charge in [-0.25, -0.2) is 9.07 Å². The third-order valence-electron chi connectivity index (χ3n) is 6.14. The van der Waals surface area contributed by atoms with Gasteiger partial charge in [-0.05, 0) is 36.6 Å². The highest BCUT2D eigenvalue weighted by atomic mass is 32.2. The lowest BCUT2D eigenvalue weighted by Gasteiger charge is -2.33. The van der Waals surface area contributed by atoms with Crippen LogP contribution in [0.2, 0.25) is 0 Å². The number of aromatic nitrogens is 3. The van der Waals surface area contributed by atoms with E-state index in [1.54, 1.807) is 38.1 Å². The van der Waals surface area contributed by atoms with Crippen molar-refractivity contribution in [1.82, 2.24) is 14.8 Å². The Kier molecular flexibility index (Phi) is 6.38. The maximum Gasteiger partial charge on any atom is 0.227 e. The summed E-state index contributed by atoms with van der Waals surface area (Å²) in [6.45, 7) is 0. The van der Waals surface area contributed by atoms with Crippen molar-refractivity contribution in [3.63, 3.8) is 0 Å². The quantitative estimate of drug-likeness (QED) is 0.469. The normalized spacial score (nSPS) is 16.9. The highest BCUT2D eigenvalue weighted by Crippen LogP contribution is 2.46. The zero-order valence-electron chi connectivity index (χ0n) is 19.6. The van der Waals surface area contributed by atoms with Gasteiger partial charge in [0.05, 0.1) is 21.3 Å². The van der Waals surface area contributed by atoms with Crippen molar-refractivity contribution >= 4 is 23.5 Å². The second kappa shape index (κ2) is 9.61. The van der Waals surface area contributed by atoms with Gasteiger partial charge in [0, 0.05) is 35.1 Å². The molecule has 1 unspecified atom stereocenters. The number of rotatable bonds is 7. The molecule has 1 atom stereocenters. The van der Waals surface area contributed by atoms with Crippen molar-refractivity contribution in [2.75, 3.05) is 26.6 Å². The molecule has 10 heteroatoms. The summed E-state index contributed by atoms with van der Waals surface area (Å²) in [5.41, 5.74) is 3.06. The fourth-order valence-electron chi connectivity index (χ4n) is 4.53. The van der Waals surface area contributed by atoms with Crippen molar-refractivity contribution in [2.45, 2.75) is 36.2 Å². The van der Waals surface area contributed by atoms with Crippen molar-refractivity contribution in [2.24, 2.45) is 0 Å². The molecule has 1 aliphatic carbocycles. The van der Waals surface area contributed by atoms with E-state index in [9.17, 15) is 9.18 Å². The largest absolute Gasteiger partial charge is 0.496 e. The summed E-state index contributed by atoms with van der Waals surface area (Å²) in [5.74, 6) is 2.44. The minimum atomic E-state index is -0.542. The summed E-state index contributed by atoms with van der Waals surface area (Å²) >= 11 is 1.40. The number of halogens is 1. The molecular formula is C25H25FN4O4S. The first-order chi connectivity index (χ1) is 17.0. The maximum absolute atomic E-state index is 13.6. The van der Waals surface area contributed by atoms with E-state index in [0.29, 0.717) is 46.1 Å². The van der Waals surface area contributed by atoms with Crippen molar-refractivity contribution < 1.29 is 23.4 Å². The Bertz CT molecular complexity index is 1320. The van der Waals surface area contributed by atoms with E-state index in [4.69, 9.17) is 19.3 Å². The fraction of sp³-hybridized carbons (Fsp3) is 0.320. The van der Waals surface area contributed by atoms with Crippen LogP contribution >= 0.6 is 11.8 Å². The summed E-state index contributed by atoms with van der Waals surface area (Å²) in [4.78, 5) is 17.8. The Morgan fingerprint density at radius 2 is 1.86 bits per heavy atom. The maximum atomic E-state index is 13.6. The molecule has 2 aromatic carbocycles. The number of allylic oxidation sites excluding steroid dienone is 2. The predicted molar refractivity (Wildman–Crippen MR) is 130 cm³/mol. The smallest absolute Gasteiger partial charge is 0.227 e. The van der Waals surface area contributed by atoms with E-state index < -0.39 is 6.04 Å². The Morgan fingerprint density at radius 3 is 2.60 bits per heavy atom. The molecule has 1 aliphatic heterocycles. The number of thioether (sulfide) groups is 1. The molecule has 0 saturated heterocycles. The van der Waals surface area contributed by atoms with Gasteiger partial charge in [-0.2, -0.15) is 4.98 Å². The number of carbonyl (C=O) groups is 1. The lowest BCUT2D eigenvalue weighted by Crippen LogP contribution is -2.31. The van der Waals surface area contributed by atoms with Crippen LogP contribution < -0.4 is 19.5 Å². The van der Waals surface area contributed by atoms with E-state index >= 15 is 0 Å². The highest BCUT2D eigenvalue weighted by molar-refractivity contribution is 7.98. The lowest BCUT2D eigenvalue weighted by molar-refractivity contribution is -0.116. The molecule has 0 spiro atoms. The second-order valence-corrected chi connectivity index (χ2v) is 9.17. The van der Waals surface area contributed by atoms with Gasteiger partial charge in [0.15, 0.2) is 17.3 Å². The third kappa shape index (κ3) is 4.34. The van der Waals surface area contributed by atoms with E-state index in [0.717, 1.165) is 29.7 Å². The van der Waals surface area contributed by atoms with Crippen LogP contribution in [-0.4, -0.2) is 41.9 Å². The van der Waals surface area contributed by atoms with Crippen LogP contribution in [0.3, 0.4) is 0 Å². The molecule has 1 aromatic heterocycles. The SMILES string of the molecule is COc1cc(OC)c(C2C3=C(CCCC3=O)Nc3nc(SCc4cccc(F)c4)nn32)cc1OC. The number of anilines is 1. The summed E-state index contributed by atoms with van der Waals surface area (Å²) in [5, 5.41) is 8.59. The fourth-order valence-corrected chi connectivity index (χ4v) is 5.30. The van der Waals surface area contributed by atoms with Crippen molar-refractivity contribution in [3.8, 4) is 17.2 Å². The summed E-state index contributed by atoms with van der Waals surface area (Å²) in [6.07, 6.45) is 1.99. The first-order valence-electron chi connectivity index (χ1n) is 11.2. The van der Waals surface area contributed by atoms with Crippen LogP contribution in [0.15, 0.2) is 52.8 Å². The van der Waals surface area contributed by atoms with Gasteiger partial charge in [0.2, 0.25) is 11.1 Å². The molecule has 5 rings (SSSR count). The summed E-state index contributed by atoms with van der Waals surface area (Å²) in [7, 11) is 4.70. The number of hydrogen-bond donors (Lipinski definition) is 1. The first kappa shape index (κ1) is 23.2. The number of methoxy groups -OCH3 is 3. The molecular weight excluding hydrogens is 471 g/mol. The van der Waals surface area contributed by atoms with Crippen LogP contribution in [0.5, 0.6) is 17.2 Å². The zero-order valence-corrected chi connectivity index (χ0v) is 20.4. The average Bonchev–Trinajstić information content (AvgIpc) is 3.28. The Morgan fingerprint density at radius 1 is 1.09 bits per heavy atom. The number of ether oxygens (including phenoxy) is 3. The standard InChI is InChI=1S/C25H25FN4O4S/c1-32-19-12-21(34-3)20(33-2)11-16(19)23-22-17(8-5-9-18(22)31)27-24-28-25(29-30(23)24)35-13-14-6-4-7-15(26)10-14/h4,6-7,10-12,23H,5,8-9,13H2,1-3H3,(H,27,28,29). The third-order valence-corrected chi connectivity index (χ3v) is 7.04. The molecule has 2 heterocycles. The van der Waals surface area contributed by atoms with Gasteiger partial charge in [0.25, 0.3) is 0 Å². The van der Waals surface area contributed by atoms with Gasteiger partial charge in [-0.1, -0.05) is 23.9 Å². The number of ketones is 1. The van der Waals surface area contributed by atoms with Gasteiger partial charge in [0.1, 0.15) is 17.6 Å². The molecule has 182 valence electrons. The topological polar surface area (TPSA) is 87.5 Å². The molecule has 3 aromatic rings. The van der Waals surface area contributed by atoms with Gasteiger partial charge < -0.3 is 19.5 Å². The van der Waals surface area contributed by atoms with Crippen LogP contribution in [-0.2, 0) is 10.5 Å². The number of fused-ring (bicyclic) bond motifs is 1. The summed E-state index contributed by atoms with van der Waals surface area (Å²) in [6, 6.07) is 9.49. The molecule has 0 radical (unpaired) electrons. The van der Waals surface area contributed by atoms with Crippen molar-refractivity contribution in [3.05, 3.63) is 64.6 Å². The zero-order chi connectivity index (χ0) is 24.5. The Balaban J connectivity index is 1.58. The molecule has 0 bridgehead atoms. The molecule has 2 aliphatic rings. The minimum absolute atomic E-state index is 0.0655. The molecule has 35 heavy (non-hydrogen) atoms. The monoisotopic (exact) mass is 496 g/mol.